The van der Waals surface area contributed by atoms with Gasteiger partial charge in [0.1, 0.15) is 0 Å². The summed E-state index contributed by atoms with van der Waals surface area (Å²) in [5, 5.41) is 0.597. The number of benzene rings is 1. The molecule has 1 fully saturated rings. The molecule has 0 saturated heterocycles. The minimum absolute atomic E-state index is 0.442. The fourth-order valence-corrected chi connectivity index (χ4v) is 5.75. The summed E-state index contributed by atoms with van der Waals surface area (Å²) < 4.78 is 0. The van der Waals surface area contributed by atoms with E-state index in [0.717, 1.165) is 24.2 Å². The molecule has 2 nitrogen and oxygen atoms in total. The number of fused-ring (bicyclic) bond motifs is 1. The lowest BCUT2D eigenvalue weighted by Gasteiger charge is -2.38. The summed E-state index contributed by atoms with van der Waals surface area (Å²) in [4.78, 5) is 1.45. The molecular formula is C17H26N2S. The SMILES string of the molecule is CC1CC(C)CC(C(NN)C2Cc3ccccc3S2)C1. The second kappa shape index (κ2) is 6.08. The molecule has 1 heterocycles. The van der Waals surface area contributed by atoms with Crippen LogP contribution in [-0.4, -0.2) is 11.3 Å². The van der Waals surface area contributed by atoms with Crippen molar-refractivity contribution in [1.82, 2.24) is 5.43 Å². The van der Waals surface area contributed by atoms with Crippen molar-refractivity contribution < 1.29 is 0 Å². The number of nitrogens with one attached hydrogen (secondary N) is 1. The Labute approximate surface area is 126 Å². The molecule has 2 aliphatic rings. The summed E-state index contributed by atoms with van der Waals surface area (Å²) in [7, 11) is 0. The summed E-state index contributed by atoms with van der Waals surface area (Å²) in [5.41, 5.74) is 4.67. The van der Waals surface area contributed by atoms with Crippen molar-refractivity contribution in [2.75, 3.05) is 0 Å². The average Bonchev–Trinajstić information content (AvgIpc) is 2.81. The van der Waals surface area contributed by atoms with Gasteiger partial charge < -0.3 is 0 Å². The number of nitrogens with two attached hydrogens (primary N) is 1. The molecule has 4 atom stereocenters. The second-order valence-corrected chi connectivity index (χ2v) is 8.12. The minimum Gasteiger partial charge on any atom is -0.271 e. The summed E-state index contributed by atoms with van der Waals surface area (Å²) in [6.07, 6.45) is 5.19. The lowest BCUT2D eigenvalue weighted by Crippen LogP contribution is -2.49. The molecule has 1 aliphatic carbocycles. The van der Waals surface area contributed by atoms with E-state index in [1.807, 2.05) is 11.8 Å². The molecule has 0 bridgehead atoms. The van der Waals surface area contributed by atoms with Gasteiger partial charge in [0.05, 0.1) is 0 Å². The van der Waals surface area contributed by atoms with Gasteiger partial charge in [-0.2, -0.15) is 0 Å². The normalized spacial score (nSPS) is 34.8. The quantitative estimate of drug-likeness (QED) is 0.660. The van der Waals surface area contributed by atoms with Crippen LogP contribution >= 0.6 is 11.8 Å². The molecule has 3 rings (SSSR count). The zero-order valence-corrected chi connectivity index (χ0v) is 13.3. The molecule has 0 spiro atoms. The van der Waals surface area contributed by atoms with E-state index in [-0.39, 0.29) is 0 Å². The minimum atomic E-state index is 0.442. The van der Waals surface area contributed by atoms with E-state index in [9.17, 15) is 0 Å². The van der Waals surface area contributed by atoms with Crippen LogP contribution in [0.4, 0.5) is 0 Å². The van der Waals surface area contributed by atoms with E-state index in [0.29, 0.717) is 11.3 Å². The van der Waals surface area contributed by atoms with E-state index < -0.39 is 0 Å². The fourth-order valence-electron chi connectivity index (χ4n) is 4.26. The molecule has 0 amide bonds. The highest BCUT2D eigenvalue weighted by molar-refractivity contribution is 8.00. The maximum atomic E-state index is 5.95. The van der Waals surface area contributed by atoms with E-state index in [2.05, 4.69) is 43.5 Å². The first-order valence-electron chi connectivity index (χ1n) is 7.88. The Balaban J connectivity index is 1.72. The van der Waals surface area contributed by atoms with Crippen LogP contribution in [0.25, 0.3) is 0 Å². The summed E-state index contributed by atoms with van der Waals surface area (Å²) in [6, 6.07) is 9.25. The molecular weight excluding hydrogens is 264 g/mol. The molecule has 1 aromatic rings. The van der Waals surface area contributed by atoms with Gasteiger partial charge in [0, 0.05) is 16.2 Å². The summed E-state index contributed by atoms with van der Waals surface area (Å²) in [6.45, 7) is 4.79. The van der Waals surface area contributed by atoms with E-state index in [1.165, 1.54) is 29.7 Å². The first kappa shape index (κ1) is 14.4. The van der Waals surface area contributed by atoms with Crippen molar-refractivity contribution >= 4 is 11.8 Å². The van der Waals surface area contributed by atoms with Gasteiger partial charge in [-0.15, -0.1) is 11.8 Å². The highest BCUT2D eigenvalue weighted by Gasteiger charge is 2.37. The Morgan fingerprint density at radius 1 is 1.15 bits per heavy atom. The number of rotatable bonds is 3. The Kier molecular flexibility index (Phi) is 4.39. The van der Waals surface area contributed by atoms with Crippen LogP contribution in [0.1, 0.15) is 38.7 Å². The van der Waals surface area contributed by atoms with Gasteiger partial charge in [-0.1, -0.05) is 32.0 Å². The van der Waals surface area contributed by atoms with Crippen LogP contribution in [0.5, 0.6) is 0 Å². The van der Waals surface area contributed by atoms with Gasteiger partial charge in [0.25, 0.3) is 0 Å². The van der Waals surface area contributed by atoms with E-state index >= 15 is 0 Å². The number of hydrogen-bond acceptors (Lipinski definition) is 3. The smallest absolute Gasteiger partial charge is 0.0364 e. The third kappa shape index (κ3) is 2.90. The predicted molar refractivity (Wildman–Crippen MR) is 86.6 cm³/mol. The molecule has 3 heteroatoms. The molecule has 20 heavy (non-hydrogen) atoms. The molecule has 1 aliphatic heterocycles. The Bertz CT molecular complexity index is 427. The summed E-state index contributed by atoms with van der Waals surface area (Å²) in [5.74, 6) is 8.36. The van der Waals surface area contributed by atoms with E-state index in [1.54, 1.807) is 0 Å². The lowest BCUT2D eigenvalue weighted by molar-refractivity contribution is 0.174. The third-order valence-electron chi connectivity index (χ3n) is 4.99. The van der Waals surface area contributed by atoms with Gasteiger partial charge >= 0.3 is 0 Å². The summed E-state index contributed by atoms with van der Waals surface area (Å²) >= 11 is 2.02. The molecule has 3 N–H and O–H groups in total. The van der Waals surface area contributed by atoms with Crippen LogP contribution in [0, 0.1) is 17.8 Å². The predicted octanol–water partition coefficient (Wildman–Crippen LogP) is 3.61. The van der Waals surface area contributed by atoms with Crippen molar-refractivity contribution in [2.45, 2.75) is 55.7 Å². The highest BCUT2D eigenvalue weighted by Crippen LogP contribution is 2.43. The molecule has 0 radical (unpaired) electrons. The molecule has 110 valence electrons. The topological polar surface area (TPSA) is 38.0 Å². The lowest BCUT2D eigenvalue weighted by atomic mass is 9.73. The first-order valence-corrected chi connectivity index (χ1v) is 8.76. The van der Waals surface area contributed by atoms with Gasteiger partial charge in [-0.05, 0) is 55.1 Å². The average molecular weight is 290 g/mol. The maximum Gasteiger partial charge on any atom is 0.0364 e. The van der Waals surface area contributed by atoms with Gasteiger partial charge in [-0.3, -0.25) is 11.3 Å². The van der Waals surface area contributed by atoms with Crippen molar-refractivity contribution in [3.05, 3.63) is 29.8 Å². The van der Waals surface area contributed by atoms with Crippen molar-refractivity contribution in [3.63, 3.8) is 0 Å². The second-order valence-electron chi connectivity index (χ2n) is 6.84. The molecule has 1 saturated carbocycles. The van der Waals surface area contributed by atoms with Crippen molar-refractivity contribution in [2.24, 2.45) is 23.6 Å². The maximum absolute atomic E-state index is 5.95. The zero-order chi connectivity index (χ0) is 14.1. The fraction of sp³-hybridized carbons (Fsp3) is 0.647. The number of hydrazine groups is 1. The monoisotopic (exact) mass is 290 g/mol. The van der Waals surface area contributed by atoms with Crippen LogP contribution in [0.3, 0.4) is 0 Å². The van der Waals surface area contributed by atoms with Crippen LogP contribution in [0.2, 0.25) is 0 Å². The molecule has 0 aromatic heterocycles. The van der Waals surface area contributed by atoms with E-state index in [4.69, 9.17) is 5.84 Å². The number of hydrogen-bond donors (Lipinski definition) is 2. The number of thioether (sulfide) groups is 1. The van der Waals surface area contributed by atoms with Gasteiger partial charge in [0.2, 0.25) is 0 Å². The van der Waals surface area contributed by atoms with Crippen LogP contribution in [-0.2, 0) is 6.42 Å². The Morgan fingerprint density at radius 3 is 2.50 bits per heavy atom. The largest absolute Gasteiger partial charge is 0.271 e. The molecule has 1 aromatic carbocycles. The first-order chi connectivity index (χ1) is 9.67. The Hall–Kier alpha value is -0.510. The zero-order valence-electron chi connectivity index (χ0n) is 12.5. The van der Waals surface area contributed by atoms with Crippen molar-refractivity contribution in [3.8, 4) is 0 Å². The Morgan fingerprint density at radius 2 is 1.85 bits per heavy atom. The van der Waals surface area contributed by atoms with Crippen LogP contribution < -0.4 is 11.3 Å². The highest BCUT2D eigenvalue weighted by atomic mass is 32.2. The third-order valence-corrected chi connectivity index (χ3v) is 6.40. The van der Waals surface area contributed by atoms with Crippen molar-refractivity contribution in [1.29, 1.82) is 0 Å². The van der Waals surface area contributed by atoms with Gasteiger partial charge in [0.15, 0.2) is 0 Å². The molecule has 4 unspecified atom stereocenters. The van der Waals surface area contributed by atoms with Gasteiger partial charge in [-0.25, -0.2) is 0 Å². The van der Waals surface area contributed by atoms with Crippen LogP contribution in [0.15, 0.2) is 29.2 Å². The standard InChI is InChI=1S/C17H26N2S/c1-11-7-12(2)9-14(8-11)17(19-18)16-10-13-5-3-4-6-15(13)20-16/h3-6,11-12,14,16-17,19H,7-10,18H2,1-2H3.